The van der Waals surface area contributed by atoms with Crippen molar-refractivity contribution in [2.45, 2.75) is 19.4 Å². The number of nitrogens with zero attached hydrogens (tertiary/aromatic N) is 2. The largest absolute Gasteiger partial charge is 0.324 e. The topological polar surface area (TPSA) is 23.6 Å². The molecule has 0 saturated carbocycles. The molecule has 1 aliphatic heterocycles. The molecular formula is C13H17ClN2O. The zero-order chi connectivity index (χ0) is 12.3. The molecule has 3 nitrogen and oxygen atoms in total. The van der Waals surface area contributed by atoms with Crippen molar-refractivity contribution in [3.05, 3.63) is 30.3 Å². The Morgan fingerprint density at radius 1 is 1.35 bits per heavy atom. The third-order valence-electron chi connectivity index (χ3n) is 3.13. The van der Waals surface area contributed by atoms with Crippen LogP contribution in [0.1, 0.15) is 13.3 Å². The first kappa shape index (κ1) is 12.2. The molecule has 17 heavy (non-hydrogen) atoms. The third-order valence-corrected chi connectivity index (χ3v) is 3.35. The average molecular weight is 253 g/mol. The van der Waals surface area contributed by atoms with Gasteiger partial charge in [-0.05, 0) is 25.5 Å². The van der Waals surface area contributed by atoms with Crippen LogP contribution in [0.15, 0.2) is 30.3 Å². The van der Waals surface area contributed by atoms with E-state index in [4.69, 9.17) is 11.6 Å². The van der Waals surface area contributed by atoms with E-state index < -0.39 is 0 Å². The van der Waals surface area contributed by atoms with Crippen LogP contribution in [0.4, 0.5) is 10.5 Å². The van der Waals surface area contributed by atoms with E-state index >= 15 is 0 Å². The molecule has 0 aliphatic carbocycles. The lowest BCUT2D eigenvalue weighted by molar-refractivity contribution is 0.223. The second-order valence-electron chi connectivity index (χ2n) is 4.16. The maximum absolute atomic E-state index is 12.2. The van der Waals surface area contributed by atoms with E-state index in [-0.39, 0.29) is 12.1 Å². The number of likely N-dealkylation sites (N-methyl/N-ethyl adjacent to an activating group) is 1. The minimum atomic E-state index is 0.0915. The zero-order valence-electron chi connectivity index (χ0n) is 9.97. The van der Waals surface area contributed by atoms with Crippen molar-refractivity contribution in [1.82, 2.24) is 4.90 Å². The van der Waals surface area contributed by atoms with Crippen molar-refractivity contribution in [1.29, 1.82) is 0 Å². The van der Waals surface area contributed by atoms with Crippen molar-refractivity contribution in [2.75, 3.05) is 23.9 Å². The molecule has 0 N–H and O–H groups in total. The fourth-order valence-corrected chi connectivity index (χ4v) is 2.50. The van der Waals surface area contributed by atoms with E-state index in [0.717, 1.165) is 25.2 Å². The van der Waals surface area contributed by atoms with E-state index in [1.165, 1.54) is 0 Å². The number of alkyl halides is 1. The summed E-state index contributed by atoms with van der Waals surface area (Å²) < 4.78 is 0. The molecule has 0 radical (unpaired) electrons. The van der Waals surface area contributed by atoms with E-state index in [2.05, 4.69) is 0 Å². The Kier molecular flexibility index (Phi) is 3.89. The Labute approximate surface area is 107 Å². The van der Waals surface area contributed by atoms with Crippen LogP contribution in [0.5, 0.6) is 0 Å². The average Bonchev–Trinajstić information content (AvgIpc) is 2.67. The molecule has 1 aromatic carbocycles. The number of carbonyl (C=O) groups is 1. The second kappa shape index (κ2) is 5.41. The first-order valence-corrected chi connectivity index (χ1v) is 6.50. The monoisotopic (exact) mass is 252 g/mol. The first-order chi connectivity index (χ1) is 8.27. The Hall–Kier alpha value is -1.22. The molecule has 0 aromatic heterocycles. The van der Waals surface area contributed by atoms with Gasteiger partial charge >= 0.3 is 6.03 Å². The molecular weight excluding hydrogens is 236 g/mol. The Bertz CT molecular complexity index is 382. The normalized spacial score (nSPS) is 20.1. The molecule has 1 saturated heterocycles. The summed E-state index contributed by atoms with van der Waals surface area (Å²) in [4.78, 5) is 16.0. The lowest BCUT2D eigenvalue weighted by Crippen LogP contribution is -2.35. The smallest absolute Gasteiger partial charge is 0.323 e. The first-order valence-electron chi connectivity index (χ1n) is 5.97. The summed E-state index contributed by atoms with van der Waals surface area (Å²) in [6, 6.07) is 10.1. The summed E-state index contributed by atoms with van der Waals surface area (Å²) in [6.45, 7) is 3.53. The fourth-order valence-electron chi connectivity index (χ4n) is 2.24. The number of amides is 2. The van der Waals surface area contributed by atoms with Gasteiger partial charge in [0.1, 0.15) is 0 Å². The van der Waals surface area contributed by atoms with Gasteiger partial charge < -0.3 is 4.90 Å². The minimum absolute atomic E-state index is 0.0915. The number of hydrogen-bond donors (Lipinski definition) is 0. The van der Waals surface area contributed by atoms with Gasteiger partial charge in [-0.3, -0.25) is 4.90 Å². The Balaban J connectivity index is 2.25. The number of benzene rings is 1. The molecule has 2 rings (SSSR count). The number of carbonyl (C=O) groups excluding carboxylic acids is 1. The highest BCUT2D eigenvalue weighted by Gasteiger charge is 2.36. The van der Waals surface area contributed by atoms with E-state index in [9.17, 15) is 4.79 Å². The maximum atomic E-state index is 12.2. The predicted molar refractivity (Wildman–Crippen MR) is 70.7 cm³/mol. The molecule has 1 heterocycles. The van der Waals surface area contributed by atoms with Gasteiger partial charge in [0.2, 0.25) is 0 Å². The highest BCUT2D eigenvalue weighted by Crippen LogP contribution is 2.26. The number of anilines is 1. The van der Waals surface area contributed by atoms with Gasteiger partial charge in [0.25, 0.3) is 0 Å². The molecule has 1 aromatic rings. The maximum Gasteiger partial charge on any atom is 0.324 e. The number of halogens is 1. The third kappa shape index (κ3) is 2.39. The van der Waals surface area contributed by atoms with Crippen LogP contribution >= 0.6 is 11.6 Å². The van der Waals surface area contributed by atoms with E-state index in [0.29, 0.717) is 5.88 Å². The summed E-state index contributed by atoms with van der Waals surface area (Å²) in [7, 11) is 0. The highest BCUT2D eigenvalue weighted by atomic mass is 35.5. The molecule has 4 heteroatoms. The lowest BCUT2D eigenvalue weighted by atomic mass is 10.2. The molecule has 2 amide bonds. The molecule has 92 valence electrons. The van der Waals surface area contributed by atoms with Crippen LogP contribution < -0.4 is 4.90 Å². The van der Waals surface area contributed by atoms with Crippen LogP contribution in [-0.2, 0) is 0 Å². The van der Waals surface area contributed by atoms with Gasteiger partial charge in [0.05, 0.1) is 6.04 Å². The lowest BCUT2D eigenvalue weighted by Gasteiger charge is -2.22. The molecule has 1 atom stereocenters. The van der Waals surface area contributed by atoms with Crippen LogP contribution in [0, 0.1) is 0 Å². The van der Waals surface area contributed by atoms with Crippen LogP contribution in [0.2, 0.25) is 0 Å². The summed E-state index contributed by atoms with van der Waals surface area (Å²) >= 11 is 5.82. The van der Waals surface area contributed by atoms with Gasteiger partial charge in [-0.2, -0.15) is 0 Å². The molecule has 0 spiro atoms. The summed E-state index contributed by atoms with van der Waals surface area (Å²) in [5.41, 5.74) is 0.962. The molecule has 1 aliphatic rings. The number of para-hydroxylation sites is 1. The van der Waals surface area contributed by atoms with E-state index in [1.54, 1.807) is 0 Å². The number of urea groups is 1. The fraction of sp³-hybridized carbons (Fsp3) is 0.462. The molecule has 1 unspecified atom stereocenters. The highest BCUT2D eigenvalue weighted by molar-refractivity contribution is 6.18. The van der Waals surface area contributed by atoms with Crippen LogP contribution in [0.3, 0.4) is 0 Å². The SMILES string of the molecule is CCN1CC(CCCl)N(c2ccccc2)C1=O. The molecule has 1 fully saturated rings. The second-order valence-corrected chi connectivity index (χ2v) is 4.54. The van der Waals surface area contributed by atoms with Crippen LogP contribution in [-0.4, -0.2) is 35.9 Å². The summed E-state index contributed by atoms with van der Waals surface area (Å²) in [6.07, 6.45) is 0.832. The van der Waals surface area contributed by atoms with Gasteiger partial charge in [-0.15, -0.1) is 11.6 Å². The van der Waals surface area contributed by atoms with Crippen LogP contribution in [0.25, 0.3) is 0 Å². The van der Waals surface area contributed by atoms with Crippen molar-refractivity contribution < 1.29 is 4.79 Å². The van der Waals surface area contributed by atoms with Crippen molar-refractivity contribution in [2.24, 2.45) is 0 Å². The van der Waals surface area contributed by atoms with Gasteiger partial charge in [-0.25, -0.2) is 4.79 Å². The Morgan fingerprint density at radius 2 is 2.06 bits per heavy atom. The summed E-state index contributed by atoms with van der Waals surface area (Å²) in [5, 5.41) is 0. The number of hydrogen-bond acceptors (Lipinski definition) is 1. The standard InChI is InChI=1S/C13H17ClN2O/c1-2-15-10-12(8-9-14)16(13(15)17)11-6-4-3-5-7-11/h3-7,12H,2,8-10H2,1H3. The van der Waals surface area contributed by atoms with Crippen molar-refractivity contribution in [3.63, 3.8) is 0 Å². The predicted octanol–water partition coefficient (Wildman–Crippen LogP) is 2.95. The Morgan fingerprint density at radius 3 is 2.65 bits per heavy atom. The van der Waals surface area contributed by atoms with E-state index in [1.807, 2.05) is 47.1 Å². The minimum Gasteiger partial charge on any atom is -0.323 e. The van der Waals surface area contributed by atoms with Crippen molar-refractivity contribution >= 4 is 23.3 Å². The van der Waals surface area contributed by atoms with Gasteiger partial charge in [-0.1, -0.05) is 18.2 Å². The number of rotatable bonds is 4. The van der Waals surface area contributed by atoms with Gasteiger partial charge in [0.15, 0.2) is 0 Å². The molecule has 0 bridgehead atoms. The summed E-state index contributed by atoms with van der Waals surface area (Å²) in [5.74, 6) is 0.582. The quantitative estimate of drug-likeness (QED) is 0.756. The van der Waals surface area contributed by atoms with Crippen molar-refractivity contribution in [3.8, 4) is 0 Å². The van der Waals surface area contributed by atoms with Gasteiger partial charge in [0, 0.05) is 24.7 Å². The zero-order valence-corrected chi connectivity index (χ0v) is 10.7.